The summed E-state index contributed by atoms with van der Waals surface area (Å²) >= 11 is 0. The standard InChI is InChI=1S/C10H15N3O5/c1-3-18-9(16)4-11-7(14)5-13-8(15)6-12(2)10(13)17/h3-6H2,1-2H3,(H,11,14). The minimum absolute atomic E-state index is 0.0377. The monoisotopic (exact) mass is 257 g/mol. The maximum atomic E-state index is 11.5. The SMILES string of the molecule is CCOC(=O)CNC(=O)CN1C(=O)CN(C)C1=O. The van der Waals surface area contributed by atoms with Crippen molar-refractivity contribution >= 4 is 23.8 Å². The van der Waals surface area contributed by atoms with Crippen LogP contribution in [0.2, 0.25) is 0 Å². The Labute approximate surface area is 104 Å². The molecule has 0 saturated carbocycles. The molecule has 1 saturated heterocycles. The average molecular weight is 257 g/mol. The van der Waals surface area contributed by atoms with Crippen LogP contribution in [0.5, 0.6) is 0 Å². The van der Waals surface area contributed by atoms with E-state index in [0.717, 1.165) is 4.90 Å². The van der Waals surface area contributed by atoms with E-state index < -0.39 is 23.8 Å². The third-order valence-electron chi connectivity index (χ3n) is 2.27. The molecule has 0 atom stereocenters. The summed E-state index contributed by atoms with van der Waals surface area (Å²) in [7, 11) is 1.47. The Morgan fingerprint density at radius 3 is 2.56 bits per heavy atom. The predicted molar refractivity (Wildman–Crippen MR) is 59.4 cm³/mol. The number of imide groups is 1. The highest BCUT2D eigenvalue weighted by Gasteiger charge is 2.34. The van der Waals surface area contributed by atoms with Gasteiger partial charge in [-0.3, -0.25) is 19.3 Å². The molecule has 0 radical (unpaired) electrons. The summed E-state index contributed by atoms with van der Waals surface area (Å²) in [6.45, 7) is 1.17. The molecule has 1 N–H and O–H groups in total. The summed E-state index contributed by atoms with van der Waals surface area (Å²) < 4.78 is 4.61. The summed E-state index contributed by atoms with van der Waals surface area (Å²) in [4.78, 5) is 47.3. The quantitative estimate of drug-likeness (QED) is 0.480. The van der Waals surface area contributed by atoms with Gasteiger partial charge in [-0.1, -0.05) is 0 Å². The summed E-state index contributed by atoms with van der Waals surface area (Å²) in [6, 6.07) is -0.522. The molecule has 1 fully saturated rings. The second kappa shape index (κ2) is 5.99. The molecule has 1 heterocycles. The lowest BCUT2D eigenvalue weighted by Crippen LogP contribution is -2.42. The summed E-state index contributed by atoms with van der Waals surface area (Å²) in [5.74, 6) is -1.59. The largest absolute Gasteiger partial charge is 0.465 e. The Hall–Kier alpha value is -2.12. The highest BCUT2D eigenvalue weighted by Crippen LogP contribution is 2.06. The highest BCUT2D eigenvalue weighted by molar-refractivity contribution is 6.04. The first-order valence-electron chi connectivity index (χ1n) is 5.43. The van der Waals surface area contributed by atoms with E-state index in [1.165, 1.54) is 11.9 Å². The fraction of sp³-hybridized carbons (Fsp3) is 0.600. The minimum atomic E-state index is -0.583. The molecular weight excluding hydrogens is 242 g/mol. The third kappa shape index (κ3) is 3.44. The summed E-state index contributed by atoms with van der Waals surface area (Å²) in [6.07, 6.45) is 0. The van der Waals surface area contributed by atoms with Crippen LogP contribution in [-0.2, 0) is 19.1 Å². The van der Waals surface area contributed by atoms with Crippen molar-refractivity contribution in [2.24, 2.45) is 0 Å². The van der Waals surface area contributed by atoms with Crippen LogP contribution >= 0.6 is 0 Å². The molecule has 0 unspecified atom stereocenters. The summed E-state index contributed by atoms with van der Waals surface area (Å²) in [5.41, 5.74) is 0. The van der Waals surface area contributed by atoms with Gasteiger partial charge in [-0.15, -0.1) is 0 Å². The fourth-order valence-electron chi connectivity index (χ4n) is 1.41. The first-order chi connectivity index (χ1) is 8.45. The van der Waals surface area contributed by atoms with Crippen molar-refractivity contribution in [3.63, 3.8) is 0 Å². The van der Waals surface area contributed by atoms with Gasteiger partial charge in [-0.2, -0.15) is 0 Å². The number of amides is 4. The van der Waals surface area contributed by atoms with Crippen molar-refractivity contribution in [1.29, 1.82) is 0 Å². The van der Waals surface area contributed by atoms with E-state index in [-0.39, 0.29) is 26.2 Å². The maximum absolute atomic E-state index is 11.5. The maximum Gasteiger partial charge on any atom is 0.327 e. The van der Waals surface area contributed by atoms with Gasteiger partial charge in [0.25, 0.3) is 5.91 Å². The molecule has 4 amide bonds. The second-order valence-corrected chi connectivity index (χ2v) is 3.70. The molecule has 1 aliphatic rings. The predicted octanol–water partition coefficient (Wildman–Crippen LogP) is -1.44. The first kappa shape index (κ1) is 13.9. The van der Waals surface area contributed by atoms with Crippen LogP contribution in [0.3, 0.4) is 0 Å². The van der Waals surface area contributed by atoms with E-state index in [2.05, 4.69) is 10.1 Å². The van der Waals surface area contributed by atoms with Crippen LogP contribution < -0.4 is 5.32 Å². The topological polar surface area (TPSA) is 96.0 Å². The van der Waals surface area contributed by atoms with E-state index in [0.29, 0.717) is 0 Å². The number of carbonyl (C=O) groups is 4. The zero-order valence-electron chi connectivity index (χ0n) is 10.3. The van der Waals surface area contributed by atoms with Gasteiger partial charge < -0.3 is 15.0 Å². The zero-order chi connectivity index (χ0) is 13.7. The Kier molecular flexibility index (Phi) is 4.64. The number of ether oxygens (including phenoxy) is 1. The molecule has 0 aromatic carbocycles. The molecule has 18 heavy (non-hydrogen) atoms. The van der Waals surface area contributed by atoms with Crippen LogP contribution in [0.15, 0.2) is 0 Å². The lowest BCUT2D eigenvalue weighted by molar-refractivity contribution is -0.143. The lowest BCUT2D eigenvalue weighted by Gasteiger charge is -2.13. The Morgan fingerprint density at radius 2 is 2.06 bits per heavy atom. The first-order valence-corrected chi connectivity index (χ1v) is 5.43. The Balaban J connectivity index is 2.39. The van der Waals surface area contributed by atoms with E-state index in [1.807, 2.05) is 0 Å². The van der Waals surface area contributed by atoms with Crippen LogP contribution in [0.25, 0.3) is 0 Å². The van der Waals surface area contributed by atoms with Gasteiger partial charge in [-0.25, -0.2) is 4.79 Å². The van der Waals surface area contributed by atoms with E-state index in [1.54, 1.807) is 6.92 Å². The Morgan fingerprint density at radius 1 is 1.39 bits per heavy atom. The van der Waals surface area contributed by atoms with Crippen molar-refractivity contribution in [2.75, 3.05) is 33.3 Å². The number of urea groups is 1. The van der Waals surface area contributed by atoms with E-state index >= 15 is 0 Å². The number of nitrogens with zero attached hydrogens (tertiary/aromatic N) is 2. The zero-order valence-corrected chi connectivity index (χ0v) is 10.3. The number of hydrogen-bond donors (Lipinski definition) is 1. The molecule has 0 bridgehead atoms. The normalized spacial score (nSPS) is 15.0. The Bertz CT molecular complexity index is 382. The van der Waals surface area contributed by atoms with Gasteiger partial charge in [0.05, 0.1) is 6.61 Å². The molecular formula is C10H15N3O5. The molecule has 100 valence electrons. The van der Waals surface area contributed by atoms with E-state index in [4.69, 9.17) is 0 Å². The second-order valence-electron chi connectivity index (χ2n) is 3.70. The summed E-state index contributed by atoms with van der Waals surface area (Å²) in [5, 5.41) is 2.27. The van der Waals surface area contributed by atoms with Crippen LogP contribution in [0.1, 0.15) is 6.92 Å². The number of nitrogens with one attached hydrogen (secondary N) is 1. The number of esters is 1. The molecule has 8 heteroatoms. The lowest BCUT2D eigenvalue weighted by atomic mass is 10.4. The van der Waals surface area contributed by atoms with Crippen molar-refractivity contribution in [1.82, 2.24) is 15.1 Å². The van der Waals surface area contributed by atoms with Gasteiger partial charge in [0.15, 0.2) is 0 Å². The third-order valence-corrected chi connectivity index (χ3v) is 2.27. The number of carbonyl (C=O) groups excluding carboxylic acids is 4. The highest BCUT2D eigenvalue weighted by atomic mass is 16.5. The fourth-order valence-corrected chi connectivity index (χ4v) is 1.41. The smallest absolute Gasteiger partial charge is 0.327 e. The van der Waals surface area contributed by atoms with Gasteiger partial charge in [-0.05, 0) is 6.92 Å². The molecule has 8 nitrogen and oxygen atoms in total. The number of hydrogen-bond acceptors (Lipinski definition) is 5. The van der Waals surface area contributed by atoms with Crippen LogP contribution in [0, 0.1) is 0 Å². The molecule has 1 rings (SSSR count). The van der Waals surface area contributed by atoms with Gasteiger partial charge in [0.1, 0.15) is 19.6 Å². The van der Waals surface area contributed by atoms with Crippen molar-refractivity contribution in [3.05, 3.63) is 0 Å². The van der Waals surface area contributed by atoms with Crippen molar-refractivity contribution in [2.45, 2.75) is 6.92 Å². The van der Waals surface area contributed by atoms with Crippen molar-refractivity contribution in [3.8, 4) is 0 Å². The molecule has 0 spiro atoms. The number of likely N-dealkylation sites (N-methyl/N-ethyl adjacent to an activating group) is 1. The average Bonchev–Trinajstić information content (AvgIpc) is 2.54. The minimum Gasteiger partial charge on any atom is -0.465 e. The molecule has 1 aliphatic heterocycles. The van der Waals surface area contributed by atoms with E-state index in [9.17, 15) is 19.2 Å². The van der Waals surface area contributed by atoms with Gasteiger partial charge in [0.2, 0.25) is 5.91 Å². The van der Waals surface area contributed by atoms with Gasteiger partial charge in [0, 0.05) is 7.05 Å². The van der Waals surface area contributed by atoms with Crippen molar-refractivity contribution < 1.29 is 23.9 Å². The number of rotatable bonds is 5. The molecule has 0 aromatic heterocycles. The molecule has 0 aromatic rings. The van der Waals surface area contributed by atoms with Crippen LogP contribution in [0.4, 0.5) is 4.79 Å². The molecule has 0 aliphatic carbocycles. The van der Waals surface area contributed by atoms with Gasteiger partial charge >= 0.3 is 12.0 Å². The van der Waals surface area contributed by atoms with Crippen LogP contribution in [-0.4, -0.2) is 66.9 Å².